The third-order valence-corrected chi connectivity index (χ3v) is 5.63. The van der Waals surface area contributed by atoms with E-state index in [1.54, 1.807) is 12.1 Å². The monoisotopic (exact) mass is 404 g/mol. The van der Waals surface area contributed by atoms with Gasteiger partial charge < -0.3 is 20.9 Å². The molecular formula is C21H32N4O2S. The molecule has 2 rings (SSSR count). The van der Waals surface area contributed by atoms with Gasteiger partial charge in [0.2, 0.25) is 5.91 Å². The van der Waals surface area contributed by atoms with Crippen molar-refractivity contribution in [2.45, 2.75) is 52.1 Å². The van der Waals surface area contributed by atoms with Crippen LogP contribution >= 0.6 is 12.2 Å². The first-order chi connectivity index (χ1) is 13.5. The molecule has 154 valence electrons. The predicted octanol–water partition coefficient (Wildman–Crippen LogP) is 2.31. The number of carbonyl (C=O) groups excluding carboxylic acids is 2. The van der Waals surface area contributed by atoms with Gasteiger partial charge in [0.05, 0.1) is 0 Å². The van der Waals surface area contributed by atoms with Crippen LogP contribution in [0.4, 0.5) is 0 Å². The number of piperidine rings is 1. The summed E-state index contributed by atoms with van der Waals surface area (Å²) in [5, 5.41) is 9.95. The van der Waals surface area contributed by atoms with E-state index in [2.05, 4.69) is 20.9 Å². The van der Waals surface area contributed by atoms with E-state index in [-0.39, 0.29) is 23.8 Å². The quantitative estimate of drug-likeness (QED) is 0.608. The molecule has 0 spiro atoms. The number of nitrogens with one attached hydrogen (secondary N) is 3. The van der Waals surface area contributed by atoms with Gasteiger partial charge in [-0.15, -0.1) is 0 Å². The molecule has 1 saturated heterocycles. The fourth-order valence-electron chi connectivity index (χ4n) is 3.35. The highest BCUT2D eigenvalue weighted by Crippen LogP contribution is 2.22. The fraction of sp³-hybridized carbons (Fsp3) is 0.571. The summed E-state index contributed by atoms with van der Waals surface area (Å²) in [5.74, 6) is -0.237. The van der Waals surface area contributed by atoms with E-state index < -0.39 is 6.04 Å². The van der Waals surface area contributed by atoms with Gasteiger partial charge in [-0.1, -0.05) is 25.1 Å². The van der Waals surface area contributed by atoms with Crippen molar-refractivity contribution < 1.29 is 9.59 Å². The van der Waals surface area contributed by atoms with Gasteiger partial charge in [-0.25, -0.2) is 0 Å². The van der Waals surface area contributed by atoms with Crippen molar-refractivity contribution in [2.75, 3.05) is 19.6 Å². The Hall–Kier alpha value is -2.15. The highest BCUT2D eigenvalue weighted by atomic mass is 32.1. The third kappa shape index (κ3) is 6.19. The molecule has 6 nitrogen and oxygen atoms in total. The zero-order valence-electron chi connectivity index (χ0n) is 17.0. The SMILES string of the molecule is CCNC(=S)N1CCC([C@H](NC(=O)c2ccccc2)C(=O)N[C@H](C)CC)CC1. The number of carbonyl (C=O) groups is 2. The maximum atomic E-state index is 12.9. The second-order valence-electron chi connectivity index (χ2n) is 7.30. The van der Waals surface area contributed by atoms with Crippen molar-refractivity contribution in [2.24, 2.45) is 5.92 Å². The smallest absolute Gasteiger partial charge is 0.251 e. The zero-order valence-corrected chi connectivity index (χ0v) is 17.8. The summed E-state index contributed by atoms with van der Waals surface area (Å²) in [7, 11) is 0. The highest BCUT2D eigenvalue weighted by molar-refractivity contribution is 7.80. The van der Waals surface area contributed by atoms with Gasteiger partial charge in [0.25, 0.3) is 5.91 Å². The van der Waals surface area contributed by atoms with E-state index in [4.69, 9.17) is 12.2 Å². The van der Waals surface area contributed by atoms with Crippen molar-refractivity contribution in [3.05, 3.63) is 35.9 Å². The van der Waals surface area contributed by atoms with Crippen LogP contribution in [0.2, 0.25) is 0 Å². The first kappa shape index (κ1) is 22.1. The van der Waals surface area contributed by atoms with E-state index >= 15 is 0 Å². The lowest BCUT2D eigenvalue weighted by atomic mass is 9.88. The lowest BCUT2D eigenvalue weighted by Gasteiger charge is -2.37. The average molecular weight is 405 g/mol. The number of amides is 2. The van der Waals surface area contributed by atoms with E-state index in [9.17, 15) is 9.59 Å². The molecule has 0 radical (unpaired) electrons. The molecule has 1 aliphatic rings. The van der Waals surface area contributed by atoms with E-state index in [1.807, 2.05) is 39.0 Å². The van der Waals surface area contributed by atoms with Crippen LogP contribution in [-0.2, 0) is 4.79 Å². The molecule has 0 aliphatic carbocycles. The Morgan fingerprint density at radius 2 is 1.79 bits per heavy atom. The number of hydrogen-bond acceptors (Lipinski definition) is 3. The number of benzene rings is 1. The van der Waals surface area contributed by atoms with Crippen LogP contribution in [0.5, 0.6) is 0 Å². The van der Waals surface area contributed by atoms with Gasteiger partial charge in [0.15, 0.2) is 5.11 Å². The number of thiocarbonyl (C=S) groups is 1. The molecule has 2 amide bonds. The minimum absolute atomic E-state index is 0.0741. The number of rotatable bonds is 7. The minimum Gasteiger partial charge on any atom is -0.363 e. The molecule has 0 saturated carbocycles. The summed E-state index contributed by atoms with van der Waals surface area (Å²) in [6.07, 6.45) is 2.46. The van der Waals surface area contributed by atoms with E-state index in [0.717, 1.165) is 44.0 Å². The van der Waals surface area contributed by atoms with Crippen LogP contribution in [0.3, 0.4) is 0 Å². The van der Waals surface area contributed by atoms with Crippen LogP contribution in [-0.4, -0.2) is 53.5 Å². The second kappa shape index (κ2) is 11.0. The lowest BCUT2D eigenvalue weighted by molar-refractivity contribution is -0.125. The number of nitrogens with zero attached hydrogens (tertiary/aromatic N) is 1. The molecule has 7 heteroatoms. The molecule has 1 aromatic carbocycles. The highest BCUT2D eigenvalue weighted by Gasteiger charge is 2.33. The number of hydrogen-bond donors (Lipinski definition) is 3. The van der Waals surface area contributed by atoms with Gasteiger partial charge in [0, 0.05) is 31.2 Å². The van der Waals surface area contributed by atoms with Crippen LogP contribution in [0.25, 0.3) is 0 Å². The van der Waals surface area contributed by atoms with E-state index in [0.29, 0.717) is 5.56 Å². The summed E-state index contributed by atoms with van der Waals surface area (Å²) in [5.41, 5.74) is 0.564. The van der Waals surface area contributed by atoms with Crippen LogP contribution in [0.1, 0.15) is 50.4 Å². The predicted molar refractivity (Wildman–Crippen MR) is 116 cm³/mol. The molecule has 0 unspecified atom stereocenters. The zero-order chi connectivity index (χ0) is 20.5. The van der Waals surface area contributed by atoms with Crippen molar-refractivity contribution in [1.29, 1.82) is 0 Å². The van der Waals surface area contributed by atoms with Crippen molar-refractivity contribution >= 4 is 29.1 Å². The molecule has 2 atom stereocenters. The summed E-state index contributed by atoms with van der Waals surface area (Å²) in [6, 6.07) is 8.56. The molecule has 28 heavy (non-hydrogen) atoms. The van der Waals surface area contributed by atoms with Gasteiger partial charge >= 0.3 is 0 Å². The Bertz CT molecular complexity index is 660. The standard InChI is InChI=1S/C21H32N4O2S/c1-4-15(3)23-20(27)18(24-19(26)17-9-7-6-8-10-17)16-11-13-25(14-12-16)21(28)22-5-2/h6-10,15-16,18H,4-5,11-14H2,1-3H3,(H,22,28)(H,23,27)(H,24,26)/t15-,18+/m1/s1. The molecule has 1 aliphatic heterocycles. The van der Waals surface area contributed by atoms with Gasteiger partial charge in [-0.2, -0.15) is 0 Å². The van der Waals surface area contributed by atoms with Gasteiger partial charge in [-0.3, -0.25) is 9.59 Å². The van der Waals surface area contributed by atoms with Crippen molar-refractivity contribution in [3.8, 4) is 0 Å². The normalized spacial score (nSPS) is 16.8. The Labute approximate surface area is 173 Å². The summed E-state index contributed by atoms with van der Waals surface area (Å²) in [6.45, 7) is 8.39. The first-order valence-corrected chi connectivity index (χ1v) is 10.6. The van der Waals surface area contributed by atoms with Gasteiger partial charge in [-0.05, 0) is 63.4 Å². The lowest BCUT2D eigenvalue weighted by Crippen LogP contribution is -2.55. The Kier molecular flexibility index (Phi) is 8.70. The van der Waals surface area contributed by atoms with Gasteiger partial charge in [0.1, 0.15) is 6.04 Å². The van der Waals surface area contributed by atoms with Crippen LogP contribution in [0.15, 0.2) is 30.3 Å². The van der Waals surface area contributed by atoms with Crippen LogP contribution in [0, 0.1) is 5.92 Å². The van der Waals surface area contributed by atoms with Crippen molar-refractivity contribution in [1.82, 2.24) is 20.9 Å². The fourth-order valence-corrected chi connectivity index (χ4v) is 3.67. The molecule has 0 bridgehead atoms. The minimum atomic E-state index is -0.545. The number of likely N-dealkylation sites (tertiary alicyclic amines) is 1. The summed E-state index contributed by atoms with van der Waals surface area (Å²) < 4.78 is 0. The first-order valence-electron chi connectivity index (χ1n) is 10.1. The molecule has 0 aromatic heterocycles. The summed E-state index contributed by atoms with van der Waals surface area (Å²) >= 11 is 5.40. The Morgan fingerprint density at radius 1 is 1.14 bits per heavy atom. The molecule has 3 N–H and O–H groups in total. The average Bonchev–Trinajstić information content (AvgIpc) is 2.72. The van der Waals surface area contributed by atoms with Crippen molar-refractivity contribution in [3.63, 3.8) is 0 Å². The molecule has 1 fully saturated rings. The third-order valence-electron chi connectivity index (χ3n) is 5.23. The maximum Gasteiger partial charge on any atom is 0.251 e. The molecule has 1 aromatic rings. The molecular weight excluding hydrogens is 372 g/mol. The van der Waals surface area contributed by atoms with Crippen LogP contribution < -0.4 is 16.0 Å². The topological polar surface area (TPSA) is 73.5 Å². The largest absolute Gasteiger partial charge is 0.363 e. The Morgan fingerprint density at radius 3 is 2.36 bits per heavy atom. The summed E-state index contributed by atoms with van der Waals surface area (Å²) in [4.78, 5) is 27.7. The maximum absolute atomic E-state index is 12.9. The second-order valence-corrected chi connectivity index (χ2v) is 7.68. The van der Waals surface area contributed by atoms with E-state index in [1.165, 1.54) is 0 Å². The Balaban J connectivity index is 2.07. The molecule has 1 heterocycles.